The van der Waals surface area contributed by atoms with Crippen LogP contribution in [0.1, 0.15) is 52.0 Å². The van der Waals surface area contributed by atoms with Crippen molar-refractivity contribution in [2.75, 3.05) is 20.3 Å². The summed E-state index contributed by atoms with van der Waals surface area (Å²) in [5, 5.41) is 2.14. The van der Waals surface area contributed by atoms with Crippen molar-refractivity contribution in [1.29, 1.82) is 0 Å². The summed E-state index contributed by atoms with van der Waals surface area (Å²) in [5.74, 6) is -0.841. The molecule has 0 amide bonds. The molecule has 4 aliphatic heterocycles. The van der Waals surface area contributed by atoms with E-state index in [0.717, 1.165) is 11.1 Å². The van der Waals surface area contributed by atoms with E-state index in [2.05, 4.69) is 91.9 Å². The molecule has 0 saturated carbocycles. The standard InChI is InChI=1S/C46H55IO10Si/c1-45(2,3)58(32-23-15-9-16-24-32,33-25-17-10-18-26-33)51-29-35-38-39(57-46(4,5)56-38)36(47)43(52-35)55-41-40(49-27-30-19-11-7-12-20-30)37-34(53-44(41)48-6)28-50-42(54-37)31-21-13-8-14-22-31/h7-26,34-44H,27-29H2,1-6H3/t34-,35-,36+,37-,38+,39-,40+,41-,42-,43-,44+/m1/s1. The monoisotopic (exact) mass is 922 g/mol. The second-order valence-electron chi connectivity index (χ2n) is 16.8. The molecule has 4 heterocycles. The van der Waals surface area contributed by atoms with E-state index >= 15 is 0 Å². The van der Waals surface area contributed by atoms with Gasteiger partial charge in [-0.1, -0.05) is 165 Å². The Morgan fingerprint density at radius 2 is 1.29 bits per heavy atom. The average molecular weight is 923 g/mol. The summed E-state index contributed by atoms with van der Waals surface area (Å²) >= 11 is 2.38. The van der Waals surface area contributed by atoms with Crippen molar-refractivity contribution >= 4 is 41.3 Å². The van der Waals surface area contributed by atoms with Crippen LogP contribution >= 0.6 is 22.6 Å². The highest BCUT2D eigenvalue weighted by Crippen LogP contribution is 2.44. The first-order valence-electron chi connectivity index (χ1n) is 20.2. The predicted molar refractivity (Wildman–Crippen MR) is 229 cm³/mol. The zero-order valence-electron chi connectivity index (χ0n) is 34.0. The highest BCUT2D eigenvalue weighted by Gasteiger charge is 2.59. The first-order valence-corrected chi connectivity index (χ1v) is 23.3. The molecule has 0 N–H and O–H groups in total. The van der Waals surface area contributed by atoms with Gasteiger partial charge in [0.1, 0.15) is 42.7 Å². The number of hydrogen-bond acceptors (Lipinski definition) is 10. The normalized spacial score (nSPS) is 32.3. The SMILES string of the molecule is CO[C@H]1O[C@@H]2CO[C@@H](c3ccccc3)O[C@H]2[C@H](OCc2ccccc2)[C@H]1O[C@H]1O[C@H](CO[Si](c2ccccc2)(c2ccccc2)C(C)(C)C)[C@@H]2OC(C)(C)O[C@@H]2[C@@H]1I. The number of alkyl halides is 1. The Bertz CT molecular complexity index is 1860. The van der Waals surface area contributed by atoms with E-state index in [1.165, 1.54) is 10.4 Å². The van der Waals surface area contributed by atoms with E-state index in [1.54, 1.807) is 7.11 Å². The molecule has 0 bridgehead atoms. The van der Waals surface area contributed by atoms with E-state index < -0.39 is 69.6 Å². The van der Waals surface area contributed by atoms with Crippen LogP contribution in [0.2, 0.25) is 5.04 Å². The minimum Gasteiger partial charge on any atom is -0.405 e. The zero-order chi connectivity index (χ0) is 40.5. The van der Waals surface area contributed by atoms with E-state index in [-0.39, 0.29) is 21.7 Å². The first-order chi connectivity index (χ1) is 28.0. The van der Waals surface area contributed by atoms with Gasteiger partial charge in [-0.3, -0.25) is 0 Å². The number of rotatable bonds is 12. The van der Waals surface area contributed by atoms with Gasteiger partial charge in [0, 0.05) is 12.7 Å². The van der Waals surface area contributed by atoms with Crippen molar-refractivity contribution in [2.45, 2.75) is 118 Å². The quantitative estimate of drug-likeness (QED) is 0.0836. The van der Waals surface area contributed by atoms with Gasteiger partial charge >= 0.3 is 0 Å². The Labute approximate surface area is 357 Å². The predicted octanol–water partition coefficient (Wildman–Crippen LogP) is 7.07. The maximum absolute atomic E-state index is 7.44. The number of fused-ring (bicyclic) bond motifs is 2. The lowest BCUT2D eigenvalue weighted by atomic mass is 9.96. The van der Waals surface area contributed by atoms with Crippen molar-refractivity contribution < 1.29 is 47.1 Å². The molecule has 0 unspecified atom stereocenters. The summed E-state index contributed by atoms with van der Waals surface area (Å²) in [4.78, 5) is 0. The van der Waals surface area contributed by atoms with Crippen LogP contribution in [0.4, 0.5) is 0 Å². The van der Waals surface area contributed by atoms with Gasteiger partial charge in [0.15, 0.2) is 24.7 Å². The molecule has 0 aliphatic carbocycles. The molecule has 4 aromatic carbocycles. The third-order valence-corrected chi connectivity index (χ3v) is 17.8. The molecule has 0 aromatic heterocycles. The Morgan fingerprint density at radius 1 is 0.707 bits per heavy atom. The molecule has 4 fully saturated rings. The smallest absolute Gasteiger partial charge is 0.261 e. The zero-order valence-corrected chi connectivity index (χ0v) is 37.1. The third-order valence-electron chi connectivity index (χ3n) is 11.5. The number of halogens is 1. The number of benzene rings is 4. The lowest BCUT2D eigenvalue weighted by Gasteiger charge is -2.50. The molecular formula is C46H55IO10Si. The second kappa shape index (κ2) is 17.8. The average Bonchev–Trinajstić information content (AvgIpc) is 3.58. The molecule has 12 heteroatoms. The van der Waals surface area contributed by atoms with Gasteiger partial charge in [-0.15, -0.1) is 0 Å². The number of methoxy groups -OCH3 is 1. The molecule has 4 saturated heterocycles. The third kappa shape index (κ3) is 8.63. The Hall–Kier alpha value is -2.57. The van der Waals surface area contributed by atoms with Crippen molar-refractivity contribution in [1.82, 2.24) is 0 Å². The minimum absolute atomic E-state index is 0.232. The van der Waals surface area contributed by atoms with Crippen LogP contribution in [0.3, 0.4) is 0 Å². The van der Waals surface area contributed by atoms with Crippen LogP contribution in [0, 0.1) is 0 Å². The summed E-state index contributed by atoms with van der Waals surface area (Å²) in [6, 6.07) is 41.2. The topological polar surface area (TPSA) is 92.3 Å². The van der Waals surface area contributed by atoms with Crippen LogP contribution in [-0.2, 0) is 53.7 Å². The molecule has 4 aromatic rings. The summed E-state index contributed by atoms with van der Waals surface area (Å²) in [6.45, 7) is 11.6. The summed E-state index contributed by atoms with van der Waals surface area (Å²) < 4.78 is 66.9. The second-order valence-corrected chi connectivity index (χ2v) is 22.6. The summed E-state index contributed by atoms with van der Waals surface area (Å²) in [6.07, 6.45) is -5.86. The Kier molecular flexibility index (Phi) is 12.9. The van der Waals surface area contributed by atoms with Crippen LogP contribution in [0.25, 0.3) is 0 Å². The molecular weight excluding hydrogens is 867 g/mol. The number of ether oxygens (including phenoxy) is 9. The summed E-state index contributed by atoms with van der Waals surface area (Å²) in [7, 11) is -1.31. The minimum atomic E-state index is -2.93. The van der Waals surface area contributed by atoms with Crippen LogP contribution < -0.4 is 10.4 Å². The molecule has 11 atom stereocenters. The van der Waals surface area contributed by atoms with Crippen LogP contribution in [0.5, 0.6) is 0 Å². The van der Waals surface area contributed by atoms with Crippen molar-refractivity contribution in [3.8, 4) is 0 Å². The molecule has 58 heavy (non-hydrogen) atoms. The Balaban J connectivity index is 1.11. The maximum atomic E-state index is 7.44. The lowest BCUT2D eigenvalue weighted by molar-refractivity contribution is -0.384. The van der Waals surface area contributed by atoms with Crippen LogP contribution in [-0.4, -0.2) is 93.7 Å². The van der Waals surface area contributed by atoms with Gasteiger partial charge in [0.2, 0.25) is 0 Å². The maximum Gasteiger partial charge on any atom is 0.261 e. The highest BCUT2D eigenvalue weighted by atomic mass is 127. The summed E-state index contributed by atoms with van der Waals surface area (Å²) in [5.41, 5.74) is 1.93. The van der Waals surface area contributed by atoms with E-state index in [0.29, 0.717) is 13.2 Å². The van der Waals surface area contributed by atoms with E-state index in [4.69, 9.17) is 47.1 Å². The van der Waals surface area contributed by atoms with E-state index in [9.17, 15) is 0 Å². The Morgan fingerprint density at radius 3 is 1.90 bits per heavy atom. The molecule has 8 rings (SSSR count). The van der Waals surface area contributed by atoms with Gasteiger partial charge in [-0.05, 0) is 34.8 Å². The van der Waals surface area contributed by atoms with Crippen molar-refractivity contribution in [3.05, 3.63) is 132 Å². The van der Waals surface area contributed by atoms with Crippen molar-refractivity contribution in [3.63, 3.8) is 0 Å². The van der Waals surface area contributed by atoms with Gasteiger partial charge in [-0.25, -0.2) is 0 Å². The van der Waals surface area contributed by atoms with Gasteiger partial charge < -0.3 is 47.1 Å². The molecule has 0 spiro atoms. The highest BCUT2D eigenvalue weighted by molar-refractivity contribution is 14.1. The molecule has 4 aliphatic rings. The van der Waals surface area contributed by atoms with Gasteiger partial charge in [0.05, 0.1) is 23.7 Å². The first kappa shape index (κ1) is 42.1. The van der Waals surface area contributed by atoms with Gasteiger partial charge in [-0.2, -0.15) is 0 Å². The fraction of sp³-hybridized carbons (Fsp3) is 0.478. The fourth-order valence-corrected chi connectivity index (χ4v) is 14.3. The fourth-order valence-electron chi connectivity index (χ4n) is 8.81. The van der Waals surface area contributed by atoms with Crippen molar-refractivity contribution in [2.24, 2.45) is 0 Å². The molecule has 310 valence electrons. The largest absolute Gasteiger partial charge is 0.405 e. The lowest BCUT2D eigenvalue weighted by Crippen LogP contribution is -2.68. The molecule has 10 nitrogen and oxygen atoms in total. The van der Waals surface area contributed by atoms with Crippen LogP contribution in [0.15, 0.2) is 121 Å². The van der Waals surface area contributed by atoms with E-state index in [1.807, 2.05) is 86.6 Å². The number of hydrogen-bond donors (Lipinski definition) is 0. The van der Waals surface area contributed by atoms with Gasteiger partial charge in [0.25, 0.3) is 8.32 Å². The molecule has 0 radical (unpaired) electrons.